The number of rotatable bonds is 2. The van der Waals surface area contributed by atoms with Gasteiger partial charge in [0.05, 0.1) is 0 Å². The van der Waals surface area contributed by atoms with Gasteiger partial charge in [-0.1, -0.05) is 0 Å². The lowest BCUT2D eigenvalue weighted by molar-refractivity contribution is 0.0701. The second-order valence-corrected chi connectivity index (χ2v) is 5.12. The van der Waals surface area contributed by atoms with Gasteiger partial charge in [-0.05, 0) is 30.5 Å². The molecule has 3 rings (SSSR count). The van der Waals surface area contributed by atoms with Crippen LogP contribution in [0.3, 0.4) is 0 Å². The average molecular weight is 271 g/mol. The van der Waals surface area contributed by atoms with Crippen molar-refractivity contribution >= 4 is 5.91 Å². The highest BCUT2D eigenvalue weighted by atomic mass is 16.3. The largest absolute Gasteiger partial charge is 0.448 e. The lowest BCUT2D eigenvalue weighted by atomic mass is 9.91. The third kappa shape index (κ3) is 2.57. The van der Waals surface area contributed by atoms with E-state index < -0.39 is 0 Å². The second-order valence-electron chi connectivity index (χ2n) is 5.12. The van der Waals surface area contributed by atoms with Gasteiger partial charge in [0.2, 0.25) is 0 Å². The van der Waals surface area contributed by atoms with Crippen molar-refractivity contribution in [3.8, 4) is 0 Å². The molecular formula is C15H17N3O2. The Morgan fingerprint density at radius 2 is 2.20 bits per heavy atom. The number of pyridine rings is 1. The minimum absolute atomic E-state index is 0.0411. The standard InChI is InChI=1S/C15H17N3O2/c1-11-17-14(10-20-11)15(19)18-8-2-3-13(9-18)12-4-6-16-7-5-12/h4-7,10,13H,2-3,8-9H2,1H3/t13-/m1/s1. The van der Waals surface area contributed by atoms with Crippen molar-refractivity contribution in [2.24, 2.45) is 0 Å². The fourth-order valence-electron chi connectivity index (χ4n) is 2.69. The maximum atomic E-state index is 12.4. The molecule has 0 radical (unpaired) electrons. The highest BCUT2D eigenvalue weighted by molar-refractivity contribution is 5.92. The van der Waals surface area contributed by atoms with Gasteiger partial charge in [0, 0.05) is 38.3 Å². The molecule has 0 N–H and O–H groups in total. The van der Waals surface area contributed by atoms with Crippen molar-refractivity contribution in [1.82, 2.24) is 14.9 Å². The molecule has 0 saturated carbocycles. The summed E-state index contributed by atoms with van der Waals surface area (Å²) in [6.45, 7) is 3.26. The van der Waals surface area contributed by atoms with Gasteiger partial charge in [-0.15, -0.1) is 0 Å². The van der Waals surface area contributed by atoms with Crippen LogP contribution >= 0.6 is 0 Å². The minimum atomic E-state index is -0.0411. The van der Waals surface area contributed by atoms with Crippen LogP contribution in [0.2, 0.25) is 0 Å². The minimum Gasteiger partial charge on any atom is -0.448 e. The predicted molar refractivity (Wildman–Crippen MR) is 73.4 cm³/mol. The SMILES string of the molecule is Cc1nc(C(=O)N2CCC[C@@H](c3ccncc3)C2)co1. The molecule has 0 spiro atoms. The number of amides is 1. The summed E-state index contributed by atoms with van der Waals surface area (Å²) in [7, 11) is 0. The Hall–Kier alpha value is -2.17. The molecule has 2 aromatic rings. The Morgan fingerprint density at radius 3 is 2.90 bits per heavy atom. The van der Waals surface area contributed by atoms with Crippen molar-refractivity contribution in [2.45, 2.75) is 25.7 Å². The normalized spacial score (nSPS) is 19.1. The zero-order chi connectivity index (χ0) is 13.9. The van der Waals surface area contributed by atoms with Gasteiger partial charge in [0.1, 0.15) is 6.26 Å². The lowest BCUT2D eigenvalue weighted by Gasteiger charge is -2.32. The van der Waals surface area contributed by atoms with Crippen LogP contribution in [0.15, 0.2) is 35.2 Å². The number of oxazole rings is 1. The Labute approximate surface area is 117 Å². The fourth-order valence-corrected chi connectivity index (χ4v) is 2.69. The topological polar surface area (TPSA) is 59.2 Å². The second kappa shape index (κ2) is 5.45. The highest BCUT2D eigenvalue weighted by Gasteiger charge is 2.26. The van der Waals surface area contributed by atoms with Crippen molar-refractivity contribution in [3.05, 3.63) is 47.9 Å². The third-order valence-electron chi connectivity index (χ3n) is 3.72. The van der Waals surface area contributed by atoms with Crippen LogP contribution in [0.5, 0.6) is 0 Å². The van der Waals surface area contributed by atoms with Crippen molar-refractivity contribution in [1.29, 1.82) is 0 Å². The number of likely N-dealkylation sites (tertiary alicyclic amines) is 1. The highest BCUT2D eigenvalue weighted by Crippen LogP contribution is 2.27. The summed E-state index contributed by atoms with van der Waals surface area (Å²) >= 11 is 0. The van der Waals surface area contributed by atoms with E-state index in [4.69, 9.17) is 4.42 Å². The molecule has 5 heteroatoms. The number of nitrogens with zero attached hydrogens (tertiary/aromatic N) is 3. The number of carbonyl (C=O) groups excluding carboxylic acids is 1. The maximum absolute atomic E-state index is 12.4. The lowest BCUT2D eigenvalue weighted by Crippen LogP contribution is -2.39. The number of hydrogen-bond acceptors (Lipinski definition) is 4. The van der Waals surface area contributed by atoms with E-state index in [0.29, 0.717) is 17.5 Å². The number of hydrogen-bond donors (Lipinski definition) is 0. The van der Waals surface area contributed by atoms with E-state index in [2.05, 4.69) is 9.97 Å². The molecule has 1 aliphatic heterocycles. The van der Waals surface area contributed by atoms with Crippen molar-refractivity contribution < 1.29 is 9.21 Å². The first-order chi connectivity index (χ1) is 9.74. The molecule has 0 bridgehead atoms. The molecule has 1 fully saturated rings. The summed E-state index contributed by atoms with van der Waals surface area (Å²) in [5.74, 6) is 0.861. The zero-order valence-corrected chi connectivity index (χ0v) is 11.5. The molecule has 104 valence electrons. The number of aryl methyl sites for hydroxylation is 1. The van der Waals surface area contributed by atoms with Gasteiger partial charge in [0.25, 0.3) is 5.91 Å². The van der Waals surface area contributed by atoms with E-state index in [0.717, 1.165) is 25.9 Å². The summed E-state index contributed by atoms with van der Waals surface area (Å²) in [5, 5.41) is 0. The molecule has 5 nitrogen and oxygen atoms in total. The first-order valence-electron chi connectivity index (χ1n) is 6.85. The fraction of sp³-hybridized carbons (Fsp3) is 0.400. The Kier molecular flexibility index (Phi) is 3.50. The van der Waals surface area contributed by atoms with Gasteiger partial charge in [-0.3, -0.25) is 9.78 Å². The van der Waals surface area contributed by atoms with E-state index in [1.807, 2.05) is 17.0 Å². The zero-order valence-electron chi connectivity index (χ0n) is 11.5. The van der Waals surface area contributed by atoms with E-state index in [9.17, 15) is 4.79 Å². The Bertz CT molecular complexity index is 594. The van der Waals surface area contributed by atoms with Gasteiger partial charge in [-0.2, -0.15) is 0 Å². The van der Waals surface area contributed by atoms with Gasteiger partial charge >= 0.3 is 0 Å². The third-order valence-corrected chi connectivity index (χ3v) is 3.72. The first-order valence-corrected chi connectivity index (χ1v) is 6.85. The molecule has 0 aromatic carbocycles. The van der Waals surface area contributed by atoms with Crippen LogP contribution in [0.1, 0.15) is 40.7 Å². The van der Waals surface area contributed by atoms with Crippen LogP contribution in [-0.4, -0.2) is 33.9 Å². The molecule has 2 aromatic heterocycles. The summed E-state index contributed by atoms with van der Waals surface area (Å²) in [6.07, 6.45) is 7.16. The Morgan fingerprint density at radius 1 is 1.40 bits per heavy atom. The van der Waals surface area contributed by atoms with E-state index >= 15 is 0 Å². The molecule has 0 aliphatic carbocycles. The molecule has 1 amide bonds. The maximum Gasteiger partial charge on any atom is 0.275 e. The van der Waals surface area contributed by atoms with E-state index in [-0.39, 0.29) is 5.91 Å². The monoisotopic (exact) mass is 271 g/mol. The van der Waals surface area contributed by atoms with Crippen LogP contribution in [0, 0.1) is 6.92 Å². The molecule has 1 atom stereocenters. The van der Waals surface area contributed by atoms with Crippen LogP contribution in [0.4, 0.5) is 0 Å². The predicted octanol–water partition coefficient (Wildman–Crippen LogP) is 2.40. The number of piperidine rings is 1. The molecule has 0 unspecified atom stereocenters. The van der Waals surface area contributed by atoms with Gasteiger partial charge < -0.3 is 9.32 Å². The van der Waals surface area contributed by atoms with Crippen LogP contribution < -0.4 is 0 Å². The average Bonchev–Trinajstić information content (AvgIpc) is 2.94. The quantitative estimate of drug-likeness (QED) is 0.841. The molecular weight excluding hydrogens is 254 g/mol. The molecule has 20 heavy (non-hydrogen) atoms. The number of aromatic nitrogens is 2. The van der Waals surface area contributed by atoms with Crippen molar-refractivity contribution in [2.75, 3.05) is 13.1 Å². The van der Waals surface area contributed by atoms with Crippen molar-refractivity contribution in [3.63, 3.8) is 0 Å². The summed E-state index contributed by atoms with van der Waals surface area (Å²) in [4.78, 5) is 22.4. The summed E-state index contributed by atoms with van der Waals surface area (Å²) in [5.41, 5.74) is 1.65. The first kappa shape index (κ1) is 12.8. The Balaban J connectivity index is 1.74. The van der Waals surface area contributed by atoms with E-state index in [1.54, 1.807) is 19.3 Å². The van der Waals surface area contributed by atoms with Crippen LogP contribution in [0.25, 0.3) is 0 Å². The smallest absolute Gasteiger partial charge is 0.275 e. The van der Waals surface area contributed by atoms with Gasteiger partial charge in [-0.25, -0.2) is 4.98 Å². The molecule has 1 aliphatic rings. The van der Waals surface area contributed by atoms with Gasteiger partial charge in [0.15, 0.2) is 11.6 Å². The van der Waals surface area contributed by atoms with E-state index in [1.165, 1.54) is 11.8 Å². The molecule has 3 heterocycles. The number of carbonyl (C=O) groups is 1. The van der Waals surface area contributed by atoms with Crippen LogP contribution in [-0.2, 0) is 0 Å². The summed E-state index contributed by atoms with van der Waals surface area (Å²) in [6, 6.07) is 4.05. The molecule has 1 saturated heterocycles. The summed E-state index contributed by atoms with van der Waals surface area (Å²) < 4.78 is 5.12.